The molecule has 0 N–H and O–H groups in total. The summed E-state index contributed by atoms with van der Waals surface area (Å²) >= 11 is 10.9. The lowest BCUT2D eigenvalue weighted by Gasteiger charge is -2.25. The van der Waals surface area contributed by atoms with E-state index in [0.29, 0.717) is 21.0 Å². The van der Waals surface area contributed by atoms with E-state index in [-0.39, 0.29) is 11.7 Å². The van der Waals surface area contributed by atoms with E-state index in [9.17, 15) is 9.18 Å². The van der Waals surface area contributed by atoms with Gasteiger partial charge in [-0.1, -0.05) is 23.7 Å². The molecule has 1 aliphatic heterocycles. The highest BCUT2D eigenvalue weighted by atomic mass is 79.9. The lowest BCUT2D eigenvalue weighted by molar-refractivity contribution is -0.115. The van der Waals surface area contributed by atoms with E-state index in [0.717, 1.165) is 5.56 Å². The number of thioether (sulfide) groups is 1. The van der Waals surface area contributed by atoms with Crippen molar-refractivity contribution in [2.24, 2.45) is 0 Å². The van der Waals surface area contributed by atoms with Gasteiger partial charge in [-0.05, 0) is 46.6 Å². The third kappa shape index (κ3) is 2.75. The van der Waals surface area contributed by atoms with Gasteiger partial charge in [-0.25, -0.2) is 9.37 Å². The number of carbonyl (C=O) groups is 1. The van der Waals surface area contributed by atoms with E-state index in [1.165, 1.54) is 22.7 Å². The molecule has 0 saturated carbocycles. The maximum absolute atomic E-state index is 14.3. The van der Waals surface area contributed by atoms with Crippen LogP contribution in [0.15, 0.2) is 34.9 Å². The fourth-order valence-corrected chi connectivity index (χ4v) is 4.19. The fraction of sp³-hybridized carbons (Fsp3) is 0.200. The number of anilines is 1. The minimum Gasteiger partial charge on any atom is -0.279 e. The van der Waals surface area contributed by atoms with Crippen molar-refractivity contribution >= 4 is 51.0 Å². The van der Waals surface area contributed by atoms with Crippen LogP contribution in [0.2, 0.25) is 5.02 Å². The Morgan fingerprint density at radius 1 is 1.41 bits per heavy atom. The number of hydrogen-bond acceptors (Lipinski definition) is 3. The first-order valence-electron chi connectivity index (χ1n) is 6.50. The quantitative estimate of drug-likeness (QED) is 0.683. The van der Waals surface area contributed by atoms with E-state index >= 15 is 0 Å². The van der Waals surface area contributed by atoms with Gasteiger partial charge in [0.15, 0.2) is 0 Å². The number of amides is 1. The van der Waals surface area contributed by atoms with Crippen molar-refractivity contribution in [3.63, 3.8) is 0 Å². The first-order valence-corrected chi connectivity index (χ1v) is 8.71. The maximum Gasteiger partial charge on any atom is 0.239 e. The molecule has 1 saturated heterocycles. The van der Waals surface area contributed by atoms with Crippen LogP contribution in [0.4, 0.5) is 10.2 Å². The molecule has 22 heavy (non-hydrogen) atoms. The molecule has 7 heteroatoms. The average Bonchev–Trinajstić information content (AvgIpc) is 2.85. The van der Waals surface area contributed by atoms with Crippen LogP contribution in [0.25, 0.3) is 0 Å². The number of carbonyl (C=O) groups excluding carboxylic acids is 1. The van der Waals surface area contributed by atoms with Gasteiger partial charge in [-0.15, -0.1) is 11.8 Å². The number of rotatable bonds is 2. The highest BCUT2D eigenvalue weighted by molar-refractivity contribution is 9.10. The molecule has 114 valence electrons. The zero-order valence-corrected chi connectivity index (χ0v) is 14.7. The molecular weight excluding hydrogens is 391 g/mol. The Kier molecular flexibility index (Phi) is 4.43. The van der Waals surface area contributed by atoms with Gasteiger partial charge in [0.25, 0.3) is 0 Å². The summed E-state index contributed by atoms with van der Waals surface area (Å²) in [5.74, 6) is 0.217. The molecule has 1 aliphatic rings. The van der Waals surface area contributed by atoms with Gasteiger partial charge in [0.05, 0.1) is 10.8 Å². The van der Waals surface area contributed by atoms with Crippen LogP contribution >= 0.6 is 39.3 Å². The van der Waals surface area contributed by atoms with Crippen LogP contribution in [0.3, 0.4) is 0 Å². The predicted octanol–water partition coefficient (Wildman–Crippen LogP) is 4.72. The number of benzene rings is 1. The Labute approximate surface area is 145 Å². The molecule has 1 unspecified atom stereocenters. The van der Waals surface area contributed by atoms with Crippen molar-refractivity contribution in [2.45, 2.75) is 12.3 Å². The molecule has 1 aromatic heterocycles. The SMILES string of the molecule is Cc1ccc(F)c(C2SCC(=O)N2c2cccc(Br)n2)c1Cl. The highest BCUT2D eigenvalue weighted by Crippen LogP contribution is 2.45. The molecule has 3 rings (SSSR count). The van der Waals surface area contributed by atoms with E-state index < -0.39 is 11.2 Å². The van der Waals surface area contributed by atoms with Crippen molar-refractivity contribution in [1.29, 1.82) is 0 Å². The van der Waals surface area contributed by atoms with Gasteiger partial charge >= 0.3 is 0 Å². The largest absolute Gasteiger partial charge is 0.279 e. The first kappa shape index (κ1) is 15.8. The Hall–Kier alpha value is -1.11. The molecule has 2 aromatic rings. The third-order valence-electron chi connectivity index (χ3n) is 3.38. The van der Waals surface area contributed by atoms with Gasteiger partial charge in [0.1, 0.15) is 21.6 Å². The lowest BCUT2D eigenvalue weighted by Crippen LogP contribution is -2.29. The summed E-state index contributed by atoms with van der Waals surface area (Å²) in [5.41, 5.74) is 1.11. The normalized spacial score (nSPS) is 18.1. The van der Waals surface area contributed by atoms with Crippen LogP contribution in [0.5, 0.6) is 0 Å². The molecule has 2 heterocycles. The van der Waals surface area contributed by atoms with Gasteiger partial charge in [-0.2, -0.15) is 0 Å². The summed E-state index contributed by atoms with van der Waals surface area (Å²) in [6, 6.07) is 8.29. The van der Waals surface area contributed by atoms with Gasteiger partial charge < -0.3 is 0 Å². The summed E-state index contributed by atoms with van der Waals surface area (Å²) in [7, 11) is 0. The van der Waals surface area contributed by atoms with Crippen molar-refractivity contribution in [2.75, 3.05) is 10.7 Å². The predicted molar refractivity (Wildman–Crippen MR) is 90.8 cm³/mol. The van der Waals surface area contributed by atoms with Crippen LogP contribution in [-0.2, 0) is 4.79 Å². The smallest absolute Gasteiger partial charge is 0.239 e. The van der Waals surface area contributed by atoms with Crippen molar-refractivity contribution in [3.8, 4) is 0 Å². The second kappa shape index (κ2) is 6.18. The molecule has 1 aromatic carbocycles. The molecular formula is C15H11BrClFN2OS. The molecule has 0 spiro atoms. The Morgan fingerprint density at radius 2 is 2.18 bits per heavy atom. The van der Waals surface area contributed by atoms with E-state index in [1.807, 2.05) is 6.92 Å². The van der Waals surface area contributed by atoms with Crippen molar-refractivity contribution in [1.82, 2.24) is 4.98 Å². The third-order valence-corrected chi connectivity index (χ3v) is 5.50. The minimum atomic E-state index is -0.512. The van der Waals surface area contributed by atoms with E-state index in [4.69, 9.17) is 11.6 Å². The van der Waals surface area contributed by atoms with Crippen LogP contribution in [0, 0.1) is 12.7 Å². The van der Waals surface area contributed by atoms with Crippen molar-refractivity contribution < 1.29 is 9.18 Å². The summed E-state index contributed by atoms with van der Waals surface area (Å²) in [5, 5.41) is -0.158. The number of pyridine rings is 1. The van der Waals surface area contributed by atoms with E-state index in [2.05, 4.69) is 20.9 Å². The number of hydrogen-bond donors (Lipinski definition) is 0. The zero-order chi connectivity index (χ0) is 15.9. The Morgan fingerprint density at radius 3 is 2.91 bits per heavy atom. The molecule has 0 aliphatic carbocycles. The lowest BCUT2D eigenvalue weighted by atomic mass is 10.1. The summed E-state index contributed by atoms with van der Waals surface area (Å²) < 4.78 is 14.9. The van der Waals surface area contributed by atoms with Crippen LogP contribution < -0.4 is 4.90 Å². The standard InChI is InChI=1S/C15H11BrClFN2OS/c1-8-5-6-9(18)13(14(8)17)15-20(12(21)7-22-15)11-4-2-3-10(16)19-11/h2-6,15H,7H2,1H3. The Bertz CT molecular complexity index is 758. The van der Waals surface area contributed by atoms with Crippen molar-refractivity contribution in [3.05, 3.63) is 56.9 Å². The molecule has 1 atom stereocenters. The monoisotopic (exact) mass is 400 g/mol. The number of nitrogens with zero attached hydrogens (tertiary/aromatic N) is 2. The summed E-state index contributed by atoms with van der Waals surface area (Å²) in [6.45, 7) is 1.81. The van der Waals surface area contributed by atoms with Crippen LogP contribution in [0.1, 0.15) is 16.5 Å². The number of aryl methyl sites for hydroxylation is 1. The molecule has 3 nitrogen and oxygen atoms in total. The van der Waals surface area contributed by atoms with E-state index in [1.54, 1.807) is 24.3 Å². The maximum atomic E-state index is 14.3. The number of halogens is 3. The average molecular weight is 402 g/mol. The molecule has 1 amide bonds. The molecule has 0 radical (unpaired) electrons. The molecule has 1 fully saturated rings. The first-order chi connectivity index (χ1) is 10.5. The minimum absolute atomic E-state index is 0.113. The topological polar surface area (TPSA) is 33.2 Å². The second-order valence-electron chi connectivity index (χ2n) is 4.84. The molecule has 0 bridgehead atoms. The van der Waals surface area contributed by atoms with Gasteiger partial charge in [-0.3, -0.25) is 9.69 Å². The van der Waals surface area contributed by atoms with Gasteiger partial charge in [0, 0.05) is 5.56 Å². The number of aromatic nitrogens is 1. The summed E-state index contributed by atoms with van der Waals surface area (Å²) in [6.07, 6.45) is 0. The zero-order valence-electron chi connectivity index (χ0n) is 11.5. The van der Waals surface area contributed by atoms with Gasteiger partial charge in [0.2, 0.25) is 5.91 Å². The highest BCUT2D eigenvalue weighted by Gasteiger charge is 2.37. The second-order valence-corrected chi connectivity index (χ2v) is 7.10. The fourth-order valence-electron chi connectivity index (χ4n) is 2.32. The Balaban J connectivity index is 2.11. The summed E-state index contributed by atoms with van der Waals surface area (Å²) in [4.78, 5) is 18.1. The van der Waals surface area contributed by atoms with Crippen LogP contribution in [-0.4, -0.2) is 16.6 Å².